The molecule has 0 saturated carbocycles. The fourth-order valence-corrected chi connectivity index (χ4v) is 1.71. The van der Waals surface area contributed by atoms with Crippen LogP contribution < -0.4 is 5.32 Å². The zero-order valence-corrected chi connectivity index (χ0v) is 10.6. The van der Waals surface area contributed by atoms with E-state index in [9.17, 15) is 9.18 Å². The van der Waals surface area contributed by atoms with Crippen LogP contribution in [0.5, 0.6) is 0 Å². The number of aliphatic hydroxyl groups is 1. The van der Waals surface area contributed by atoms with Gasteiger partial charge in [0.05, 0.1) is 6.61 Å². The number of aliphatic hydroxyl groups excluding tert-OH is 1. The lowest BCUT2D eigenvalue weighted by Gasteiger charge is -2.35. The van der Waals surface area contributed by atoms with Gasteiger partial charge in [0.1, 0.15) is 0 Å². The monoisotopic (exact) mass is 279 g/mol. The fourth-order valence-electron chi connectivity index (χ4n) is 1.39. The lowest BCUT2D eigenvalue weighted by molar-refractivity contribution is -0.124. The van der Waals surface area contributed by atoms with Gasteiger partial charge in [-0.15, -0.1) is 0 Å². The lowest BCUT2D eigenvalue weighted by Crippen LogP contribution is -2.54. The molecule has 0 radical (unpaired) electrons. The molecule has 0 fully saturated rings. The summed E-state index contributed by atoms with van der Waals surface area (Å²) in [5.41, 5.74) is 0.0641. The van der Waals surface area contributed by atoms with E-state index in [1.165, 1.54) is 12.1 Å². The van der Waals surface area contributed by atoms with Crippen molar-refractivity contribution in [3.63, 3.8) is 0 Å². The van der Waals surface area contributed by atoms with Gasteiger partial charge in [0.2, 0.25) is 11.7 Å². The number of rotatable bonds is 4. The Labute approximate surface area is 109 Å². The number of carbonyl (C=O) groups is 1. The molecule has 0 heterocycles. The Hall–Kier alpha value is -0.840. The van der Waals surface area contributed by atoms with E-state index >= 15 is 0 Å². The summed E-state index contributed by atoms with van der Waals surface area (Å²) in [4.78, 5) is 11.0. The Morgan fingerprint density at radius 1 is 1.41 bits per heavy atom. The van der Waals surface area contributed by atoms with Crippen LogP contribution >= 0.6 is 23.2 Å². The lowest BCUT2D eigenvalue weighted by atomic mass is 10.00. The molecule has 1 unspecified atom stereocenters. The molecule has 0 aliphatic carbocycles. The zero-order valence-electron chi connectivity index (χ0n) is 9.08. The van der Waals surface area contributed by atoms with Crippen LogP contribution in [0.1, 0.15) is 12.5 Å². The van der Waals surface area contributed by atoms with Gasteiger partial charge < -0.3 is 10.4 Å². The normalized spacial score (nSPS) is 15.1. The molecule has 1 aromatic rings. The number of hydrogen-bond acceptors (Lipinski definition) is 2. The third-order valence-corrected chi connectivity index (χ3v) is 2.98. The van der Waals surface area contributed by atoms with E-state index in [4.69, 9.17) is 28.3 Å². The number of alkyl halides is 3. The van der Waals surface area contributed by atoms with Crippen molar-refractivity contribution in [3.05, 3.63) is 35.9 Å². The molecule has 17 heavy (non-hydrogen) atoms. The van der Waals surface area contributed by atoms with Crippen LogP contribution in [0.15, 0.2) is 30.3 Å². The van der Waals surface area contributed by atoms with E-state index in [0.717, 1.165) is 6.92 Å². The average Bonchev–Trinajstić information content (AvgIpc) is 2.29. The van der Waals surface area contributed by atoms with Gasteiger partial charge in [-0.2, -0.15) is 0 Å². The first-order valence-corrected chi connectivity index (χ1v) is 5.61. The topological polar surface area (TPSA) is 49.3 Å². The van der Waals surface area contributed by atoms with Crippen LogP contribution in [-0.4, -0.2) is 22.0 Å². The van der Waals surface area contributed by atoms with Gasteiger partial charge in [-0.05, 0) is 0 Å². The molecule has 1 amide bonds. The van der Waals surface area contributed by atoms with Gasteiger partial charge in [-0.25, -0.2) is 4.39 Å². The number of nitrogens with one attached hydrogen (secondary N) is 1. The minimum absolute atomic E-state index is 0.0641. The maximum Gasteiger partial charge on any atom is 0.243 e. The molecule has 0 bridgehead atoms. The summed E-state index contributed by atoms with van der Waals surface area (Å²) in [7, 11) is 0. The van der Waals surface area contributed by atoms with Gasteiger partial charge in [0.15, 0.2) is 4.33 Å². The third-order valence-electron chi connectivity index (χ3n) is 2.22. The largest absolute Gasteiger partial charge is 0.393 e. The Morgan fingerprint density at radius 3 is 2.35 bits per heavy atom. The first-order valence-electron chi connectivity index (χ1n) is 4.85. The van der Waals surface area contributed by atoms with Gasteiger partial charge >= 0.3 is 0 Å². The molecule has 6 heteroatoms. The Bertz CT molecular complexity index is 400. The number of benzene rings is 1. The highest BCUT2D eigenvalue weighted by Gasteiger charge is 2.52. The summed E-state index contributed by atoms with van der Waals surface area (Å²) in [5, 5.41) is 11.1. The van der Waals surface area contributed by atoms with Crippen molar-refractivity contribution in [1.29, 1.82) is 0 Å². The number of carbonyl (C=O) groups excluding carboxylic acids is 1. The Balaban J connectivity index is 3.25. The molecule has 1 rings (SSSR count). The van der Waals surface area contributed by atoms with Crippen LogP contribution in [-0.2, 0) is 10.6 Å². The number of halogens is 3. The molecular weight excluding hydrogens is 268 g/mol. The molecule has 0 aliphatic rings. The van der Waals surface area contributed by atoms with Gasteiger partial charge in [0.25, 0.3) is 0 Å². The second-order valence-corrected chi connectivity index (χ2v) is 5.05. The van der Waals surface area contributed by atoms with Gasteiger partial charge in [0, 0.05) is 12.5 Å². The van der Waals surface area contributed by atoms with Gasteiger partial charge in [-0.1, -0.05) is 53.5 Å². The third kappa shape index (κ3) is 2.89. The summed E-state index contributed by atoms with van der Waals surface area (Å²) >= 11 is 11.5. The predicted octanol–water partition coefficient (Wildman–Crippen LogP) is 2.11. The summed E-state index contributed by atoms with van der Waals surface area (Å²) < 4.78 is 12.6. The van der Waals surface area contributed by atoms with Crippen molar-refractivity contribution in [3.8, 4) is 0 Å². The van der Waals surface area contributed by atoms with E-state index in [-0.39, 0.29) is 5.56 Å². The molecule has 3 nitrogen and oxygen atoms in total. The van der Waals surface area contributed by atoms with Crippen LogP contribution in [0.4, 0.5) is 4.39 Å². The van der Waals surface area contributed by atoms with E-state index in [1.54, 1.807) is 18.2 Å². The second kappa shape index (κ2) is 5.21. The maximum atomic E-state index is 14.8. The second-order valence-electron chi connectivity index (χ2n) is 3.57. The molecule has 0 spiro atoms. The minimum atomic E-state index is -2.56. The summed E-state index contributed by atoms with van der Waals surface area (Å²) in [6.45, 7) is 0.292. The molecular formula is C11H12Cl2FNO2. The highest BCUT2D eigenvalue weighted by atomic mass is 35.5. The minimum Gasteiger partial charge on any atom is -0.393 e. The number of hydrogen-bond donors (Lipinski definition) is 2. The first-order chi connectivity index (χ1) is 7.83. The van der Waals surface area contributed by atoms with Gasteiger partial charge in [-0.3, -0.25) is 4.79 Å². The van der Waals surface area contributed by atoms with E-state index in [2.05, 4.69) is 0 Å². The SMILES string of the molecule is CC(=O)NC(F)(c1ccccc1)C(Cl)(Cl)CO. The molecule has 1 aromatic carbocycles. The van der Waals surface area contributed by atoms with Crippen LogP contribution in [0.3, 0.4) is 0 Å². The molecule has 0 aliphatic heterocycles. The van der Waals surface area contributed by atoms with Crippen LogP contribution in [0, 0.1) is 0 Å². The zero-order chi connectivity index (χ0) is 13.1. The van der Waals surface area contributed by atoms with Crippen molar-refractivity contribution in [1.82, 2.24) is 5.32 Å². The fraction of sp³-hybridized carbons (Fsp3) is 0.364. The van der Waals surface area contributed by atoms with Crippen molar-refractivity contribution >= 4 is 29.1 Å². The number of amides is 1. The molecule has 1 atom stereocenters. The molecule has 0 saturated heterocycles. The van der Waals surface area contributed by atoms with Crippen LogP contribution in [0.25, 0.3) is 0 Å². The average molecular weight is 280 g/mol. The standard InChI is InChI=1S/C11H12Cl2FNO2/c1-8(17)15-11(14,10(12,13)7-16)9-5-3-2-4-6-9/h2-6,16H,7H2,1H3,(H,15,17). The summed E-state index contributed by atoms with van der Waals surface area (Å²) in [6.07, 6.45) is 0. The van der Waals surface area contributed by atoms with Crippen LogP contribution in [0.2, 0.25) is 0 Å². The highest BCUT2D eigenvalue weighted by molar-refractivity contribution is 6.49. The van der Waals surface area contributed by atoms with E-state index < -0.39 is 22.6 Å². The Morgan fingerprint density at radius 2 is 1.94 bits per heavy atom. The first kappa shape index (κ1) is 14.2. The summed E-state index contributed by atoms with van der Waals surface area (Å²) in [5.74, 6) is -3.20. The molecule has 0 aromatic heterocycles. The van der Waals surface area contributed by atoms with Crippen molar-refractivity contribution in [2.24, 2.45) is 0 Å². The van der Waals surface area contributed by atoms with Crippen molar-refractivity contribution in [2.45, 2.75) is 17.0 Å². The maximum absolute atomic E-state index is 14.8. The van der Waals surface area contributed by atoms with E-state index in [1.807, 2.05) is 5.32 Å². The molecule has 94 valence electrons. The molecule has 2 N–H and O–H groups in total. The quantitative estimate of drug-likeness (QED) is 0.655. The Kier molecular flexibility index (Phi) is 4.36. The van der Waals surface area contributed by atoms with E-state index in [0.29, 0.717) is 0 Å². The van der Waals surface area contributed by atoms with Crippen molar-refractivity contribution in [2.75, 3.05) is 6.61 Å². The predicted molar refractivity (Wildman–Crippen MR) is 64.6 cm³/mol. The highest BCUT2D eigenvalue weighted by Crippen LogP contribution is 2.42. The summed E-state index contributed by atoms with van der Waals surface area (Å²) in [6, 6.07) is 7.68. The smallest absolute Gasteiger partial charge is 0.243 e. The van der Waals surface area contributed by atoms with Crippen molar-refractivity contribution < 1.29 is 14.3 Å².